The van der Waals surface area contributed by atoms with E-state index in [-0.39, 0.29) is 23.9 Å². The van der Waals surface area contributed by atoms with Crippen molar-refractivity contribution in [3.8, 4) is 5.75 Å². The Morgan fingerprint density at radius 1 is 1.20 bits per heavy atom. The van der Waals surface area contributed by atoms with Gasteiger partial charge in [0.05, 0.1) is 6.61 Å². The highest BCUT2D eigenvalue weighted by atomic mass is 19.1. The SMILES string of the molecule is CC(=O)c1ccc(OCCCC(=O)N[C@@H](c2cccc(F)c2)c2nccn2C)cc1. The van der Waals surface area contributed by atoms with Crippen molar-refractivity contribution in [2.45, 2.75) is 25.8 Å². The summed E-state index contributed by atoms with van der Waals surface area (Å²) < 4.78 is 21.1. The average molecular weight is 409 g/mol. The fraction of sp³-hybridized carbons (Fsp3) is 0.261. The third-order valence-electron chi connectivity index (χ3n) is 4.68. The normalized spacial score (nSPS) is 11.7. The molecule has 1 heterocycles. The number of carbonyl (C=O) groups is 2. The fourth-order valence-corrected chi connectivity index (χ4v) is 3.08. The van der Waals surface area contributed by atoms with E-state index in [1.165, 1.54) is 19.1 Å². The Labute approximate surface area is 174 Å². The Morgan fingerprint density at radius 3 is 2.60 bits per heavy atom. The number of aryl methyl sites for hydroxylation is 1. The molecule has 1 aromatic heterocycles. The van der Waals surface area contributed by atoms with Gasteiger partial charge in [-0.25, -0.2) is 9.37 Å². The second-order valence-corrected chi connectivity index (χ2v) is 6.98. The van der Waals surface area contributed by atoms with Crippen LogP contribution in [0, 0.1) is 5.82 Å². The minimum Gasteiger partial charge on any atom is -0.494 e. The summed E-state index contributed by atoms with van der Waals surface area (Å²) in [5.41, 5.74) is 1.25. The van der Waals surface area contributed by atoms with Gasteiger partial charge < -0.3 is 14.6 Å². The van der Waals surface area contributed by atoms with Crippen LogP contribution < -0.4 is 10.1 Å². The molecular weight excluding hydrogens is 385 g/mol. The maximum atomic E-state index is 13.7. The predicted octanol–water partition coefficient (Wildman–Crippen LogP) is 3.83. The zero-order valence-electron chi connectivity index (χ0n) is 17.0. The Bertz CT molecular complexity index is 1010. The topological polar surface area (TPSA) is 73.2 Å². The third kappa shape index (κ3) is 5.53. The minimum absolute atomic E-state index is 0.00113. The van der Waals surface area contributed by atoms with Crippen LogP contribution >= 0.6 is 0 Å². The number of ether oxygens (including phenoxy) is 1. The smallest absolute Gasteiger partial charge is 0.220 e. The van der Waals surface area contributed by atoms with Crippen molar-refractivity contribution in [1.82, 2.24) is 14.9 Å². The summed E-state index contributed by atoms with van der Waals surface area (Å²) in [6, 6.07) is 12.5. The highest BCUT2D eigenvalue weighted by Gasteiger charge is 2.21. The highest BCUT2D eigenvalue weighted by Crippen LogP contribution is 2.21. The van der Waals surface area contributed by atoms with E-state index in [9.17, 15) is 14.0 Å². The third-order valence-corrected chi connectivity index (χ3v) is 4.68. The minimum atomic E-state index is -0.548. The number of Topliss-reactive ketones (excluding diaryl/α,β-unsaturated/α-hetero) is 1. The van der Waals surface area contributed by atoms with Crippen LogP contribution in [0.25, 0.3) is 0 Å². The monoisotopic (exact) mass is 409 g/mol. The highest BCUT2D eigenvalue weighted by molar-refractivity contribution is 5.94. The zero-order chi connectivity index (χ0) is 21.5. The number of carbonyl (C=O) groups excluding carboxylic acids is 2. The lowest BCUT2D eigenvalue weighted by Crippen LogP contribution is -2.31. The van der Waals surface area contributed by atoms with Gasteiger partial charge in [0.1, 0.15) is 23.4 Å². The lowest BCUT2D eigenvalue weighted by Gasteiger charge is -2.19. The first-order chi connectivity index (χ1) is 14.4. The van der Waals surface area contributed by atoms with Crippen LogP contribution in [-0.4, -0.2) is 27.8 Å². The van der Waals surface area contributed by atoms with Gasteiger partial charge in [-0.05, 0) is 55.3 Å². The van der Waals surface area contributed by atoms with E-state index in [0.717, 1.165) is 0 Å². The molecule has 7 heteroatoms. The van der Waals surface area contributed by atoms with Crippen molar-refractivity contribution in [3.05, 3.63) is 83.7 Å². The number of hydrogen-bond donors (Lipinski definition) is 1. The molecule has 2 aromatic carbocycles. The first-order valence-corrected chi connectivity index (χ1v) is 9.70. The number of imidazole rings is 1. The molecule has 0 spiro atoms. The van der Waals surface area contributed by atoms with E-state index in [1.807, 2.05) is 7.05 Å². The Hall–Kier alpha value is -3.48. The standard InChI is InChI=1S/C23H24FN3O3/c1-16(28)17-8-10-20(11-9-17)30-14-4-7-21(29)26-22(23-25-12-13-27(23)2)18-5-3-6-19(24)15-18/h3,5-6,8-13,15,22H,4,7,14H2,1-2H3,(H,26,29)/t22-/m0/s1. The van der Waals surface area contributed by atoms with Gasteiger partial charge in [0.15, 0.2) is 5.78 Å². The molecule has 0 aliphatic carbocycles. The number of ketones is 1. The molecule has 30 heavy (non-hydrogen) atoms. The molecule has 0 saturated carbocycles. The summed E-state index contributed by atoms with van der Waals surface area (Å²) in [5, 5.41) is 2.94. The molecule has 156 valence electrons. The van der Waals surface area contributed by atoms with Crippen LogP contribution in [0.1, 0.15) is 47.6 Å². The summed E-state index contributed by atoms with van der Waals surface area (Å²) in [6.45, 7) is 1.87. The van der Waals surface area contributed by atoms with Crippen LogP contribution in [0.15, 0.2) is 60.9 Å². The molecule has 0 aliphatic heterocycles. The van der Waals surface area contributed by atoms with E-state index in [4.69, 9.17) is 4.74 Å². The molecule has 3 aromatic rings. The molecule has 0 saturated heterocycles. The summed E-state index contributed by atoms with van der Waals surface area (Å²) in [4.78, 5) is 28.1. The molecule has 0 aliphatic rings. The lowest BCUT2D eigenvalue weighted by molar-refractivity contribution is -0.121. The molecule has 0 fully saturated rings. The van der Waals surface area contributed by atoms with E-state index < -0.39 is 6.04 Å². The maximum absolute atomic E-state index is 13.7. The second kappa shape index (κ2) is 9.82. The molecule has 0 radical (unpaired) electrons. The van der Waals surface area contributed by atoms with Gasteiger partial charge in [-0.15, -0.1) is 0 Å². The number of nitrogens with zero attached hydrogens (tertiary/aromatic N) is 2. The van der Waals surface area contributed by atoms with Crippen LogP contribution in [0.4, 0.5) is 4.39 Å². The van der Waals surface area contributed by atoms with Gasteiger partial charge in [-0.3, -0.25) is 9.59 Å². The number of rotatable bonds is 9. The average Bonchev–Trinajstić information content (AvgIpc) is 3.15. The molecule has 6 nitrogen and oxygen atoms in total. The van der Waals surface area contributed by atoms with Crippen LogP contribution in [0.2, 0.25) is 0 Å². The number of halogens is 1. The van der Waals surface area contributed by atoms with E-state index >= 15 is 0 Å². The van der Waals surface area contributed by atoms with Crippen molar-refractivity contribution in [1.29, 1.82) is 0 Å². The number of nitrogens with one attached hydrogen (secondary N) is 1. The molecule has 1 N–H and O–H groups in total. The lowest BCUT2D eigenvalue weighted by atomic mass is 10.1. The van der Waals surface area contributed by atoms with Crippen molar-refractivity contribution in [3.63, 3.8) is 0 Å². The Morgan fingerprint density at radius 2 is 1.97 bits per heavy atom. The van der Waals surface area contributed by atoms with Crippen LogP contribution in [-0.2, 0) is 11.8 Å². The van der Waals surface area contributed by atoms with Gasteiger partial charge in [0.2, 0.25) is 5.91 Å². The largest absolute Gasteiger partial charge is 0.494 e. The number of aromatic nitrogens is 2. The van der Waals surface area contributed by atoms with Gasteiger partial charge >= 0.3 is 0 Å². The van der Waals surface area contributed by atoms with Gasteiger partial charge in [0, 0.05) is 31.4 Å². The summed E-state index contributed by atoms with van der Waals surface area (Å²) in [7, 11) is 1.83. The van der Waals surface area contributed by atoms with Crippen molar-refractivity contribution in [2.24, 2.45) is 7.05 Å². The first-order valence-electron chi connectivity index (χ1n) is 9.70. The zero-order valence-corrected chi connectivity index (χ0v) is 17.0. The van der Waals surface area contributed by atoms with Crippen molar-refractivity contribution in [2.75, 3.05) is 6.61 Å². The molecular formula is C23H24FN3O3. The number of hydrogen-bond acceptors (Lipinski definition) is 4. The number of amides is 1. The van der Waals surface area contributed by atoms with Crippen molar-refractivity contribution < 1.29 is 18.7 Å². The molecule has 0 bridgehead atoms. The van der Waals surface area contributed by atoms with Gasteiger partial charge in [-0.2, -0.15) is 0 Å². The Balaban J connectivity index is 1.56. The second-order valence-electron chi connectivity index (χ2n) is 6.98. The van der Waals surface area contributed by atoms with Gasteiger partial charge in [-0.1, -0.05) is 12.1 Å². The van der Waals surface area contributed by atoms with Crippen LogP contribution in [0.3, 0.4) is 0 Å². The van der Waals surface area contributed by atoms with E-state index in [2.05, 4.69) is 10.3 Å². The van der Waals surface area contributed by atoms with Gasteiger partial charge in [0.25, 0.3) is 0 Å². The quantitative estimate of drug-likeness (QED) is 0.431. The van der Waals surface area contributed by atoms with E-state index in [0.29, 0.717) is 35.7 Å². The van der Waals surface area contributed by atoms with Crippen LogP contribution in [0.5, 0.6) is 5.75 Å². The summed E-state index contributed by atoms with van der Waals surface area (Å²) in [6.07, 6.45) is 4.18. The van der Waals surface area contributed by atoms with E-state index in [1.54, 1.807) is 53.4 Å². The van der Waals surface area contributed by atoms with Crippen molar-refractivity contribution >= 4 is 11.7 Å². The summed E-state index contributed by atoms with van der Waals surface area (Å²) >= 11 is 0. The Kier molecular flexibility index (Phi) is 6.95. The predicted molar refractivity (Wildman–Crippen MR) is 111 cm³/mol. The maximum Gasteiger partial charge on any atom is 0.220 e. The summed E-state index contributed by atoms with van der Waals surface area (Å²) in [5.74, 6) is 0.716. The molecule has 3 rings (SSSR count). The molecule has 1 atom stereocenters. The first kappa shape index (κ1) is 21.2. The molecule has 1 amide bonds. The number of benzene rings is 2. The molecule has 0 unspecified atom stereocenters. The fourth-order valence-electron chi connectivity index (χ4n) is 3.08.